The zero-order valence-corrected chi connectivity index (χ0v) is 17.2. The SMILES string of the molecule is Cc1ccc(C2CC(C(=O)N3CCN(c4ccc(Cl)cc4)CC3)NN2)cc1C. The maximum atomic E-state index is 13.0. The summed E-state index contributed by atoms with van der Waals surface area (Å²) in [6, 6.07) is 14.4. The monoisotopic (exact) mass is 398 g/mol. The maximum absolute atomic E-state index is 13.0. The Morgan fingerprint density at radius 3 is 2.36 bits per heavy atom. The third kappa shape index (κ3) is 4.02. The number of hydrogen-bond acceptors (Lipinski definition) is 4. The van der Waals surface area contributed by atoms with Crippen molar-refractivity contribution in [2.75, 3.05) is 31.1 Å². The van der Waals surface area contributed by atoms with Crippen LogP contribution in [0.2, 0.25) is 5.02 Å². The van der Waals surface area contributed by atoms with Crippen LogP contribution < -0.4 is 15.8 Å². The second kappa shape index (κ2) is 8.11. The minimum absolute atomic E-state index is 0.170. The van der Waals surface area contributed by atoms with Crippen LogP contribution in [0, 0.1) is 13.8 Å². The number of piperazine rings is 1. The van der Waals surface area contributed by atoms with E-state index in [4.69, 9.17) is 11.6 Å². The normalized spacial score (nSPS) is 22.5. The van der Waals surface area contributed by atoms with Crippen molar-refractivity contribution in [3.05, 3.63) is 64.2 Å². The summed E-state index contributed by atoms with van der Waals surface area (Å²) < 4.78 is 0. The molecular formula is C22H27ClN4O. The molecule has 2 fully saturated rings. The Morgan fingerprint density at radius 1 is 0.964 bits per heavy atom. The van der Waals surface area contributed by atoms with Gasteiger partial charge in [0.05, 0.1) is 0 Å². The first-order chi connectivity index (χ1) is 13.5. The van der Waals surface area contributed by atoms with E-state index >= 15 is 0 Å². The molecule has 2 aromatic rings. The Balaban J connectivity index is 1.33. The first kappa shape index (κ1) is 19.2. The van der Waals surface area contributed by atoms with Gasteiger partial charge in [-0.25, -0.2) is 10.9 Å². The molecule has 2 atom stereocenters. The fraction of sp³-hybridized carbons (Fsp3) is 0.409. The Labute approximate surface area is 171 Å². The quantitative estimate of drug-likeness (QED) is 0.833. The van der Waals surface area contributed by atoms with Gasteiger partial charge in [0.25, 0.3) is 0 Å². The van der Waals surface area contributed by atoms with Crippen molar-refractivity contribution in [1.82, 2.24) is 15.8 Å². The van der Waals surface area contributed by atoms with Crippen molar-refractivity contribution in [1.29, 1.82) is 0 Å². The third-order valence-corrected chi connectivity index (χ3v) is 6.17. The molecule has 2 aliphatic rings. The van der Waals surface area contributed by atoms with Crippen molar-refractivity contribution in [3.63, 3.8) is 0 Å². The highest BCUT2D eigenvalue weighted by Crippen LogP contribution is 2.26. The van der Waals surface area contributed by atoms with Gasteiger partial charge in [-0.2, -0.15) is 0 Å². The number of amides is 1. The summed E-state index contributed by atoms with van der Waals surface area (Å²) in [6.45, 7) is 7.42. The highest BCUT2D eigenvalue weighted by molar-refractivity contribution is 6.30. The smallest absolute Gasteiger partial charge is 0.241 e. The van der Waals surface area contributed by atoms with Crippen LogP contribution in [0.15, 0.2) is 42.5 Å². The molecule has 148 valence electrons. The molecular weight excluding hydrogens is 372 g/mol. The number of carbonyl (C=O) groups is 1. The fourth-order valence-electron chi connectivity index (χ4n) is 3.98. The van der Waals surface area contributed by atoms with E-state index in [1.165, 1.54) is 16.7 Å². The van der Waals surface area contributed by atoms with Crippen LogP contribution in [0.3, 0.4) is 0 Å². The second-order valence-electron chi connectivity index (χ2n) is 7.76. The van der Waals surface area contributed by atoms with Crippen molar-refractivity contribution >= 4 is 23.2 Å². The first-order valence-electron chi connectivity index (χ1n) is 9.89. The molecule has 1 amide bonds. The van der Waals surface area contributed by atoms with E-state index in [9.17, 15) is 4.79 Å². The minimum atomic E-state index is -0.173. The topological polar surface area (TPSA) is 47.6 Å². The molecule has 5 nitrogen and oxygen atoms in total. The van der Waals surface area contributed by atoms with Crippen molar-refractivity contribution < 1.29 is 4.79 Å². The fourth-order valence-corrected chi connectivity index (χ4v) is 4.10. The standard InChI is InChI=1S/C22H27ClN4O/c1-15-3-4-17(13-16(15)2)20-14-21(25-24-20)22(28)27-11-9-26(10-12-27)19-7-5-18(23)6-8-19/h3-8,13,20-21,24-25H,9-12,14H2,1-2H3. The van der Waals surface area contributed by atoms with Crippen molar-refractivity contribution in [2.24, 2.45) is 0 Å². The Hall–Kier alpha value is -2.08. The summed E-state index contributed by atoms with van der Waals surface area (Å²) in [5, 5.41) is 0.746. The van der Waals surface area contributed by atoms with Crippen molar-refractivity contribution in [2.45, 2.75) is 32.4 Å². The summed E-state index contributed by atoms with van der Waals surface area (Å²) in [4.78, 5) is 17.3. The van der Waals surface area contributed by atoms with Gasteiger partial charge in [0.2, 0.25) is 5.91 Å². The van der Waals surface area contributed by atoms with Gasteiger partial charge in [0.1, 0.15) is 6.04 Å². The lowest BCUT2D eigenvalue weighted by atomic mass is 9.98. The predicted octanol–water partition coefficient (Wildman–Crippen LogP) is 3.21. The van der Waals surface area contributed by atoms with E-state index in [0.29, 0.717) is 0 Å². The molecule has 6 heteroatoms. The molecule has 2 N–H and O–H groups in total. The molecule has 0 aliphatic carbocycles. The van der Waals surface area contributed by atoms with Crippen LogP contribution in [0.4, 0.5) is 5.69 Å². The predicted molar refractivity (Wildman–Crippen MR) is 114 cm³/mol. The largest absolute Gasteiger partial charge is 0.368 e. The van der Waals surface area contributed by atoms with Crippen molar-refractivity contribution in [3.8, 4) is 0 Å². The number of nitrogens with one attached hydrogen (secondary N) is 2. The zero-order valence-electron chi connectivity index (χ0n) is 16.4. The molecule has 2 unspecified atom stereocenters. The van der Waals surface area contributed by atoms with E-state index in [1.54, 1.807) is 0 Å². The number of aryl methyl sites for hydroxylation is 2. The molecule has 2 heterocycles. The molecule has 0 bridgehead atoms. The first-order valence-corrected chi connectivity index (χ1v) is 10.3. The molecule has 2 aromatic carbocycles. The molecule has 28 heavy (non-hydrogen) atoms. The van der Waals surface area contributed by atoms with Gasteiger partial charge in [-0.3, -0.25) is 4.79 Å². The zero-order chi connectivity index (χ0) is 19.7. The summed E-state index contributed by atoms with van der Waals surface area (Å²) in [6.07, 6.45) is 0.777. The van der Waals surface area contributed by atoms with Crippen LogP contribution in [-0.2, 0) is 4.79 Å². The van der Waals surface area contributed by atoms with E-state index in [2.05, 4.69) is 47.8 Å². The third-order valence-electron chi connectivity index (χ3n) is 5.92. The number of hydrazine groups is 1. The summed E-state index contributed by atoms with van der Waals surface area (Å²) in [5.41, 5.74) is 11.5. The van der Waals surface area contributed by atoms with E-state index in [0.717, 1.165) is 43.3 Å². The number of hydrogen-bond donors (Lipinski definition) is 2. The van der Waals surface area contributed by atoms with E-state index in [1.807, 2.05) is 29.2 Å². The minimum Gasteiger partial charge on any atom is -0.368 e. The Bertz CT molecular complexity index is 846. The maximum Gasteiger partial charge on any atom is 0.241 e. The average Bonchev–Trinajstić information content (AvgIpc) is 3.20. The van der Waals surface area contributed by atoms with Gasteiger partial charge in [0.15, 0.2) is 0 Å². The lowest BCUT2D eigenvalue weighted by Crippen LogP contribution is -2.53. The molecule has 0 saturated carbocycles. The number of benzene rings is 2. The molecule has 0 aromatic heterocycles. The van der Waals surface area contributed by atoms with Crippen LogP contribution in [0.5, 0.6) is 0 Å². The van der Waals surface area contributed by atoms with Crippen LogP contribution in [-0.4, -0.2) is 43.0 Å². The van der Waals surface area contributed by atoms with Gasteiger partial charge >= 0.3 is 0 Å². The average molecular weight is 399 g/mol. The molecule has 2 aliphatic heterocycles. The number of halogens is 1. The number of carbonyl (C=O) groups excluding carboxylic acids is 1. The van der Waals surface area contributed by atoms with E-state index < -0.39 is 0 Å². The van der Waals surface area contributed by atoms with Gasteiger partial charge in [0, 0.05) is 42.9 Å². The molecule has 0 radical (unpaired) electrons. The van der Waals surface area contributed by atoms with Crippen LogP contribution in [0.1, 0.15) is 29.2 Å². The lowest BCUT2D eigenvalue weighted by molar-refractivity contribution is -0.133. The Morgan fingerprint density at radius 2 is 1.68 bits per heavy atom. The number of nitrogens with zero attached hydrogens (tertiary/aromatic N) is 2. The number of anilines is 1. The van der Waals surface area contributed by atoms with Gasteiger partial charge in [-0.05, 0) is 61.2 Å². The number of rotatable bonds is 3. The second-order valence-corrected chi connectivity index (χ2v) is 8.20. The van der Waals surface area contributed by atoms with Gasteiger partial charge in [-0.15, -0.1) is 0 Å². The lowest BCUT2D eigenvalue weighted by Gasteiger charge is -2.37. The van der Waals surface area contributed by atoms with Crippen LogP contribution in [0.25, 0.3) is 0 Å². The summed E-state index contributed by atoms with van der Waals surface area (Å²) in [5.74, 6) is 0.189. The van der Waals surface area contributed by atoms with Gasteiger partial charge < -0.3 is 9.80 Å². The summed E-state index contributed by atoms with van der Waals surface area (Å²) >= 11 is 5.98. The Kier molecular flexibility index (Phi) is 5.58. The van der Waals surface area contributed by atoms with E-state index in [-0.39, 0.29) is 18.0 Å². The molecule has 0 spiro atoms. The molecule has 2 saturated heterocycles. The summed E-state index contributed by atoms with van der Waals surface area (Å²) in [7, 11) is 0. The highest BCUT2D eigenvalue weighted by atomic mass is 35.5. The van der Waals surface area contributed by atoms with Crippen LogP contribution >= 0.6 is 11.6 Å². The highest BCUT2D eigenvalue weighted by Gasteiger charge is 2.34. The molecule has 4 rings (SSSR count). The van der Waals surface area contributed by atoms with Gasteiger partial charge in [-0.1, -0.05) is 29.8 Å².